The topological polar surface area (TPSA) is 41.3 Å². The summed E-state index contributed by atoms with van der Waals surface area (Å²) in [4.78, 5) is 2.52. The number of hydrogen-bond acceptors (Lipinski definition) is 4. The highest BCUT2D eigenvalue weighted by molar-refractivity contribution is 6.31. The highest BCUT2D eigenvalue weighted by Gasteiger charge is 2.47. The second kappa shape index (κ2) is 4.83. The molecule has 0 spiro atoms. The summed E-state index contributed by atoms with van der Waals surface area (Å²) in [6, 6.07) is 3.15. The van der Waals surface area contributed by atoms with Crippen LogP contribution in [0.15, 0.2) is 16.7 Å². The van der Waals surface area contributed by atoms with Gasteiger partial charge in [-0.2, -0.15) is 0 Å². The van der Waals surface area contributed by atoms with Crippen molar-refractivity contribution in [2.24, 2.45) is 5.92 Å². The molecule has 3 saturated heterocycles. The minimum Gasteiger partial charge on any atom is -0.362 e. The molecule has 1 aromatic carbocycles. The van der Waals surface area contributed by atoms with E-state index in [0.29, 0.717) is 22.7 Å². The fourth-order valence-corrected chi connectivity index (χ4v) is 4.22. The van der Waals surface area contributed by atoms with Crippen molar-refractivity contribution in [2.75, 3.05) is 18.4 Å². The third-order valence-electron chi connectivity index (χ3n) is 5.39. The van der Waals surface area contributed by atoms with E-state index >= 15 is 0 Å². The van der Waals surface area contributed by atoms with Crippen LogP contribution < -0.4 is 5.32 Å². The fourth-order valence-electron chi connectivity index (χ4n) is 4.06. The molecule has 1 aromatic heterocycles. The maximum absolute atomic E-state index is 13.7. The average Bonchev–Trinajstić information content (AvgIpc) is 2.86. The molecular weight excluding hydrogens is 305 g/mol. The monoisotopic (exact) mass is 323 g/mol. The van der Waals surface area contributed by atoms with Crippen molar-refractivity contribution in [3.63, 3.8) is 0 Å². The lowest BCUT2D eigenvalue weighted by atomic mass is 9.72. The number of halogens is 2. The maximum Gasteiger partial charge on any atom is 0.177 e. The predicted molar refractivity (Wildman–Crippen MR) is 84.8 cm³/mol. The Morgan fingerprint density at radius 1 is 1.36 bits per heavy atom. The number of hydrogen-bond donors (Lipinski definition) is 1. The largest absolute Gasteiger partial charge is 0.362 e. The molecule has 1 atom stereocenters. The van der Waals surface area contributed by atoms with Gasteiger partial charge in [0.2, 0.25) is 0 Å². The van der Waals surface area contributed by atoms with E-state index in [-0.39, 0.29) is 16.6 Å². The molecular formula is C16H19ClFN3O. The van der Waals surface area contributed by atoms with Crippen LogP contribution in [0.3, 0.4) is 0 Å². The van der Waals surface area contributed by atoms with E-state index in [9.17, 15) is 4.39 Å². The Morgan fingerprint density at radius 3 is 2.77 bits per heavy atom. The Balaban J connectivity index is 1.70. The van der Waals surface area contributed by atoms with Crippen LogP contribution >= 0.6 is 11.6 Å². The number of rotatable bonds is 2. The minimum absolute atomic E-state index is 0.0530. The van der Waals surface area contributed by atoms with Gasteiger partial charge in [-0.25, -0.2) is 4.39 Å². The number of piperidine rings is 3. The van der Waals surface area contributed by atoms with Gasteiger partial charge in [0.1, 0.15) is 5.82 Å². The van der Waals surface area contributed by atoms with E-state index in [1.807, 2.05) is 0 Å². The van der Waals surface area contributed by atoms with Crippen LogP contribution in [0, 0.1) is 11.7 Å². The number of aromatic nitrogens is 1. The molecule has 0 saturated carbocycles. The molecule has 0 radical (unpaired) electrons. The quantitative estimate of drug-likeness (QED) is 0.910. The van der Waals surface area contributed by atoms with Gasteiger partial charge in [-0.15, -0.1) is 0 Å². The Hall–Kier alpha value is -1.33. The summed E-state index contributed by atoms with van der Waals surface area (Å²) in [7, 11) is 0. The number of benzene rings is 1. The molecule has 0 aliphatic carbocycles. The summed E-state index contributed by atoms with van der Waals surface area (Å²) < 4.78 is 19.0. The van der Waals surface area contributed by atoms with E-state index in [1.165, 1.54) is 25.0 Å². The SMILES string of the molecule is CC1(C)[C@H](Nc2noc3cc(Cl)c(F)cc23)C2CCN1CC2. The summed E-state index contributed by atoms with van der Waals surface area (Å²) >= 11 is 5.80. The third kappa shape index (κ3) is 2.02. The number of anilines is 1. The summed E-state index contributed by atoms with van der Waals surface area (Å²) in [6.07, 6.45) is 2.38. The lowest BCUT2D eigenvalue weighted by Gasteiger charge is -2.56. The smallest absolute Gasteiger partial charge is 0.177 e. The second-order valence-electron chi connectivity index (χ2n) is 6.89. The normalized spacial score (nSPS) is 29.9. The van der Waals surface area contributed by atoms with Crippen molar-refractivity contribution in [2.45, 2.75) is 38.3 Å². The summed E-state index contributed by atoms with van der Waals surface area (Å²) in [5.74, 6) is 0.773. The van der Waals surface area contributed by atoms with Gasteiger partial charge in [-0.05, 0) is 51.8 Å². The van der Waals surface area contributed by atoms with Crippen molar-refractivity contribution in [1.82, 2.24) is 10.1 Å². The molecule has 4 nitrogen and oxygen atoms in total. The summed E-state index contributed by atoms with van der Waals surface area (Å²) in [5, 5.41) is 8.31. The van der Waals surface area contributed by atoms with Gasteiger partial charge < -0.3 is 9.84 Å². The molecule has 3 aliphatic heterocycles. The van der Waals surface area contributed by atoms with Crippen LogP contribution in [-0.2, 0) is 0 Å². The van der Waals surface area contributed by atoms with E-state index in [1.54, 1.807) is 0 Å². The Labute approximate surface area is 133 Å². The van der Waals surface area contributed by atoms with Gasteiger partial charge in [-0.1, -0.05) is 16.8 Å². The van der Waals surface area contributed by atoms with Crippen LogP contribution in [0.2, 0.25) is 5.02 Å². The zero-order valence-electron chi connectivity index (χ0n) is 12.7. The van der Waals surface area contributed by atoms with Crippen LogP contribution in [-0.4, -0.2) is 34.7 Å². The van der Waals surface area contributed by atoms with Gasteiger partial charge in [-0.3, -0.25) is 4.90 Å². The second-order valence-corrected chi connectivity index (χ2v) is 7.30. The van der Waals surface area contributed by atoms with E-state index < -0.39 is 5.82 Å². The van der Waals surface area contributed by atoms with Crippen LogP contribution in [0.1, 0.15) is 26.7 Å². The van der Waals surface area contributed by atoms with Crippen molar-refractivity contribution >= 4 is 28.4 Å². The third-order valence-corrected chi connectivity index (χ3v) is 5.68. The molecule has 0 unspecified atom stereocenters. The first-order valence-electron chi connectivity index (χ1n) is 7.73. The number of nitrogens with one attached hydrogen (secondary N) is 1. The molecule has 2 aromatic rings. The molecule has 3 fully saturated rings. The molecule has 6 heteroatoms. The number of fused-ring (bicyclic) bond motifs is 4. The van der Waals surface area contributed by atoms with Crippen LogP contribution in [0.4, 0.5) is 10.2 Å². The molecule has 22 heavy (non-hydrogen) atoms. The Bertz CT molecular complexity index is 721. The van der Waals surface area contributed by atoms with Crippen molar-refractivity contribution in [3.05, 3.63) is 23.0 Å². The molecule has 2 bridgehead atoms. The Kier molecular flexibility index (Phi) is 3.13. The summed E-state index contributed by atoms with van der Waals surface area (Å²) in [6.45, 7) is 6.82. The van der Waals surface area contributed by atoms with Gasteiger partial charge >= 0.3 is 0 Å². The van der Waals surface area contributed by atoms with Gasteiger partial charge in [0.15, 0.2) is 11.4 Å². The van der Waals surface area contributed by atoms with Crippen molar-refractivity contribution < 1.29 is 8.91 Å². The van der Waals surface area contributed by atoms with Crippen molar-refractivity contribution in [3.8, 4) is 0 Å². The number of nitrogens with zero attached hydrogens (tertiary/aromatic N) is 2. The zero-order chi connectivity index (χ0) is 15.5. The predicted octanol–water partition coefficient (Wildman–Crippen LogP) is 3.91. The van der Waals surface area contributed by atoms with Gasteiger partial charge in [0, 0.05) is 17.6 Å². The first kappa shape index (κ1) is 14.3. The summed E-state index contributed by atoms with van der Waals surface area (Å²) in [5.41, 5.74) is 0.560. The molecule has 5 rings (SSSR count). The minimum atomic E-state index is -0.450. The zero-order valence-corrected chi connectivity index (χ0v) is 13.5. The van der Waals surface area contributed by atoms with Crippen LogP contribution in [0.5, 0.6) is 0 Å². The highest BCUT2D eigenvalue weighted by atomic mass is 35.5. The lowest BCUT2D eigenvalue weighted by Crippen LogP contribution is -2.66. The molecule has 3 aliphatic rings. The first-order valence-corrected chi connectivity index (χ1v) is 8.10. The van der Waals surface area contributed by atoms with Crippen LogP contribution in [0.25, 0.3) is 11.0 Å². The van der Waals surface area contributed by atoms with E-state index in [2.05, 4.69) is 29.2 Å². The molecule has 1 N–H and O–H groups in total. The van der Waals surface area contributed by atoms with E-state index in [4.69, 9.17) is 16.1 Å². The Morgan fingerprint density at radius 2 is 2.09 bits per heavy atom. The lowest BCUT2D eigenvalue weighted by molar-refractivity contribution is -0.0189. The van der Waals surface area contributed by atoms with E-state index in [0.717, 1.165) is 13.1 Å². The molecule has 118 valence electrons. The highest BCUT2D eigenvalue weighted by Crippen LogP contribution is 2.41. The maximum atomic E-state index is 13.7. The van der Waals surface area contributed by atoms with Gasteiger partial charge in [0.05, 0.1) is 10.4 Å². The fraction of sp³-hybridized carbons (Fsp3) is 0.562. The molecule has 0 amide bonds. The first-order chi connectivity index (χ1) is 10.5. The van der Waals surface area contributed by atoms with Crippen molar-refractivity contribution in [1.29, 1.82) is 0 Å². The average molecular weight is 324 g/mol. The standard InChI is InChI=1S/C16H19ClFN3O/c1-16(2)14(9-3-5-21(16)6-4-9)19-15-10-7-12(18)11(17)8-13(10)22-20-15/h7-9,14H,3-6H2,1-2H3,(H,19,20)/t14-/m1/s1. The van der Waals surface area contributed by atoms with Gasteiger partial charge in [0.25, 0.3) is 0 Å². The molecule has 4 heterocycles.